The summed E-state index contributed by atoms with van der Waals surface area (Å²) in [4.78, 5) is 23.4. The van der Waals surface area contributed by atoms with Crippen LogP contribution in [0, 0.1) is 10.1 Å². The molecule has 0 aliphatic heterocycles. The normalized spacial score (nSPS) is 10.5. The van der Waals surface area contributed by atoms with Crippen LogP contribution in [0.4, 0.5) is 5.69 Å². The molecule has 17 heavy (non-hydrogen) atoms. The van der Waals surface area contributed by atoms with E-state index >= 15 is 0 Å². The monoisotopic (exact) mass is 238 g/mol. The number of aliphatic hydroxyl groups excluding tert-OH is 1. The summed E-state index contributed by atoms with van der Waals surface area (Å²) >= 11 is 0. The Bertz CT molecular complexity index is 420. The number of ketones is 1. The van der Waals surface area contributed by atoms with Crippen LogP contribution in [0.15, 0.2) is 24.3 Å². The average molecular weight is 238 g/mol. The van der Waals surface area contributed by atoms with E-state index in [0.29, 0.717) is 12.1 Å². The Kier molecular flexibility index (Phi) is 4.74. The van der Waals surface area contributed by atoms with Gasteiger partial charge < -0.3 is 5.11 Å². The highest BCUT2D eigenvalue weighted by atomic mass is 16.6. The summed E-state index contributed by atoms with van der Waals surface area (Å²) in [5.74, 6) is -0.204. The second-order valence-corrected chi connectivity index (χ2v) is 3.69. The summed E-state index contributed by atoms with van der Waals surface area (Å²) in [5.41, 5.74) is 0.213. The van der Waals surface area contributed by atoms with Gasteiger partial charge in [0.25, 0.3) is 5.69 Å². The molecule has 1 aromatic carbocycles. The Morgan fingerprint density at radius 2 is 2.24 bits per heavy atom. The van der Waals surface area contributed by atoms with Crippen LogP contribution in [-0.2, 0) is 0 Å². The standard InChI is InChI=1S/C11H14N2O4/c1-12(5-6-14)8-11(15)9-3-2-4-10(7-9)13(16)17/h2-4,7,14H,5-6,8H2,1H3. The fourth-order valence-electron chi connectivity index (χ4n) is 1.38. The molecule has 0 saturated heterocycles. The fourth-order valence-corrected chi connectivity index (χ4v) is 1.38. The summed E-state index contributed by atoms with van der Waals surface area (Å²) < 4.78 is 0. The zero-order valence-electron chi connectivity index (χ0n) is 9.50. The number of nitro benzene ring substituents is 1. The van der Waals surface area contributed by atoms with Crippen molar-refractivity contribution in [2.45, 2.75) is 0 Å². The van der Waals surface area contributed by atoms with Gasteiger partial charge in [0.1, 0.15) is 0 Å². The number of Topliss-reactive ketones (excluding diaryl/α,β-unsaturated/α-hetero) is 1. The molecular weight excluding hydrogens is 224 g/mol. The van der Waals surface area contributed by atoms with Crippen molar-refractivity contribution in [3.05, 3.63) is 39.9 Å². The van der Waals surface area contributed by atoms with Crippen molar-refractivity contribution in [1.82, 2.24) is 4.90 Å². The number of nitro groups is 1. The summed E-state index contributed by atoms with van der Waals surface area (Å²) in [6, 6.07) is 5.63. The Morgan fingerprint density at radius 1 is 1.53 bits per heavy atom. The quantitative estimate of drug-likeness (QED) is 0.448. The SMILES string of the molecule is CN(CCO)CC(=O)c1cccc([N+](=O)[O-])c1. The van der Waals surface area contributed by atoms with Crippen LogP contribution in [0.25, 0.3) is 0 Å². The number of carbonyl (C=O) groups is 1. The lowest BCUT2D eigenvalue weighted by Gasteiger charge is -2.13. The van der Waals surface area contributed by atoms with Crippen molar-refractivity contribution in [3.8, 4) is 0 Å². The van der Waals surface area contributed by atoms with Gasteiger partial charge in [-0.3, -0.25) is 19.8 Å². The molecule has 0 atom stereocenters. The van der Waals surface area contributed by atoms with Crippen molar-refractivity contribution in [2.24, 2.45) is 0 Å². The third-order valence-electron chi connectivity index (χ3n) is 2.27. The minimum absolute atomic E-state index is 0.0291. The molecule has 6 nitrogen and oxygen atoms in total. The van der Waals surface area contributed by atoms with Crippen LogP contribution < -0.4 is 0 Å². The van der Waals surface area contributed by atoms with E-state index in [-0.39, 0.29) is 24.6 Å². The van der Waals surface area contributed by atoms with E-state index in [9.17, 15) is 14.9 Å². The number of nitrogens with zero attached hydrogens (tertiary/aromatic N) is 2. The third kappa shape index (κ3) is 3.93. The maximum atomic E-state index is 11.8. The van der Waals surface area contributed by atoms with Crippen molar-refractivity contribution in [2.75, 3.05) is 26.7 Å². The molecule has 0 spiro atoms. The van der Waals surface area contributed by atoms with Crippen LogP contribution in [-0.4, -0.2) is 47.5 Å². The van der Waals surface area contributed by atoms with E-state index in [1.54, 1.807) is 18.0 Å². The first-order valence-electron chi connectivity index (χ1n) is 5.11. The van der Waals surface area contributed by atoms with Crippen LogP contribution in [0.2, 0.25) is 0 Å². The number of aliphatic hydroxyl groups is 1. The molecule has 0 aliphatic carbocycles. The molecule has 1 aromatic rings. The van der Waals surface area contributed by atoms with E-state index in [0.717, 1.165) is 0 Å². The molecule has 0 fully saturated rings. The average Bonchev–Trinajstić information content (AvgIpc) is 2.29. The summed E-state index contributed by atoms with van der Waals surface area (Å²) in [7, 11) is 1.70. The molecule has 0 radical (unpaired) electrons. The summed E-state index contributed by atoms with van der Waals surface area (Å²) in [6.07, 6.45) is 0. The smallest absolute Gasteiger partial charge is 0.270 e. The van der Waals surface area contributed by atoms with Gasteiger partial charge in [-0.15, -0.1) is 0 Å². The lowest BCUT2D eigenvalue weighted by molar-refractivity contribution is -0.384. The Balaban J connectivity index is 2.75. The predicted octanol–water partition coefficient (Wildman–Crippen LogP) is 0.702. The number of benzene rings is 1. The van der Waals surface area contributed by atoms with E-state index in [2.05, 4.69) is 0 Å². The topological polar surface area (TPSA) is 83.7 Å². The van der Waals surface area contributed by atoms with Gasteiger partial charge in [0.2, 0.25) is 0 Å². The zero-order valence-corrected chi connectivity index (χ0v) is 9.50. The van der Waals surface area contributed by atoms with Crippen LogP contribution in [0.1, 0.15) is 10.4 Å². The largest absolute Gasteiger partial charge is 0.395 e. The van der Waals surface area contributed by atoms with Crippen molar-refractivity contribution < 1.29 is 14.8 Å². The highest BCUT2D eigenvalue weighted by Gasteiger charge is 2.12. The molecule has 0 saturated carbocycles. The summed E-state index contributed by atoms with van der Waals surface area (Å²) in [6.45, 7) is 0.487. The third-order valence-corrected chi connectivity index (χ3v) is 2.27. The van der Waals surface area contributed by atoms with E-state index in [1.165, 1.54) is 18.2 Å². The molecule has 1 N–H and O–H groups in total. The Hall–Kier alpha value is -1.79. The number of rotatable bonds is 6. The van der Waals surface area contributed by atoms with Crippen LogP contribution in [0.5, 0.6) is 0 Å². The molecule has 0 aliphatic rings. The highest BCUT2D eigenvalue weighted by molar-refractivity contribution is 5.98. The molecule has 0 aromatic heterocycles. The van der Waals surface area contributed by atoms with Gasteiger partial charge in [0.15, 0.2) is 5.78 Å². The molecule has 0 amide bonds. The Labute approximate surface area is 98.6 Å². The van der Waals surface area contributed by atoms with Gasteiger partial charge in [0, 0.05) is 24.2 Å². The molecule has 0 heterocycles. The first kappa shape index (κ1) is 13.3. The number of hydrogen-bond acceptors (Lipinski definition) is 5. The zero-order chi connectivity index (χ0) is 12.8. The van der Waals surface area contributed by atoms with Gasteiger partial charge in [-0.05, 0) is 7.05 Å². The molecular formula is C11H14N2O4. The van der Waals surface area contributed by atoms with Gasteiger partial charge in [0.05, 0.1) is 18.1 Å². The first-order chi connectivity index (χ1) is 8.04. The van der Waals surface area contributed by atoms with Crippen molar-refractivity contribution in [3.63, 3.8) is 0 Å². The van der Waals surface area contributed by atoms with E-state index < -0.39 is 4.92 Å². The van der Waals surface area contributed by atoms with Gasteiger partial charge in [-0.25, -0.2) is 0 Å². The van der Waals surface area contributed by atoms with Gasteiger partial charge >= 0.3 is 0 Å². The minimum Gasteiger partial charge on any atom is -0.395 e. The lowest BCUT2D eigenvalue weighted by atomic mass is 10.1. The van der Waals surface area contributed by atoms with E-state index in [4.69, 9.17) is 5.11 Å². The maximum absolute atomic E-state index is 11.8. The van der Waals surface area contributed by atoms with Crippen LogP contribution >= 0.6 is 0 Å². The first-order valence-corrected chi connectivity index (χ1v) is 5.11. The van der Waals surface area contributed by atoms with Crippen molar-refractivity contribution in [1.29, 1.82) is 0 Å². The number of likely N-dealkylation sites (N-methyl/N-ethyl adjacent to an activating group) is 1. The number of non-ortho nitro benzene ring substituents is 1. The second kappa shape index (κ2) is 6.07. The number of carbonyl (C=O) groups excluding carboxylic acids is 1. The second-order valence-electron chi connectivity index (χ2n) is 3.69. The Morgan fingerprint density at radius 3 is 2.82 bits per heavy atom. The molecule has 6 heteroatoms. The molecule has 1 rings (SSSR count). The van der Waals surface area contributed by atoms with Crippen molar-refractivity contribution >= 4 is 11.5 Å². The fraction of sp³-hybridized carbons (Fsp3) is 0.364. The minimum atomic E-state index is -0.534. The molecule has 0 bridgehead atoms. The van der Waals surface area contributed by atoms with Gasteiger partial charge in [-0.1, -0.05) is 12.1 Å². The van der Waals surface area contributed by atoms with Gasteiger partial charge in [-0.2, -0.15) is 0 Å². The predicted molar refractivity (Wildman–Crippen MR) is 62.0 cm³/mol. The number of hydrogen-bond donors (Lipinski definition) is 1. The van der Waals surface area contributed by atoms with E-state index in [1.807, 2.05) is 0 Å². The lowest BCUT2D eigenvalue weighted by Crippen LogP contribution is -2.28. The van der Waals surface area contributed by atoms with Crippen LogP contribution in [0.3, 0.4) is 0 Å². The molecule has 92 valence electrons. The molecule has 0 unspecified atom stereocenters. The highest BCUT2D eigenvalue weighted by Crippen LogP contribution is 2.13. The summed E-state index contributed by atoms with van der Waals surface area (Å²) in [5, 5.41) is 19.2. The maximum Gasteiger partial charge on any atom is 0.270 e.